The van der Waals surface area contributed by atoms with E-state index in [1.54, 1.807) is 0 Å². The third kappa shape index (κ3) is 5.84. The van der Waals surface area contributed by atoms with E-state index in [4.69, 9.17) is 16.6 Å². The fraction of sp³-hybridized carbons (Fsp3) is 0.400. The molecule has 1 aromatic heterocycles. The van der Waals surface area contributed by atoms with Crippen LogP contribution < -0.4 is 10.6 Å². The molecule has 1 fully saturated rings. The summed E-state index contributed by atoms with van der Waals surface area (Å²) in [6.07, 6.45) is 5.15. The SMILES string of the molecule is CCNC(=NCC1(c2ccccc2)CC1)NCCc1ccc(Cl)nc1.I. The van der Waals surface area contributed by atoms with E-state index in [2.05, 4.69) is 52.9 Å². The van der Waals surface area contributed by atoms with Gasteiger partial charge >= 0.3 is 0 Å². The van der Waals surface area contributed by atoms with Gasteiger partial charge in [-0.15, -0.1) is 24.0 Å². The number of guanidine groups is 1. The summed E-state index contributed by atoms with van der Waals surface area (Å²) in [6, 6.07) is 14.6. The van der Waals surface area contributed by atoms with Gasteiger partial charge in [0.05, 0.1) is 6.54 Å². The summed E-state index contributed by atoms with van der Waals surface area (Å²) < 4.78 is 0. The number of aromatic nitrogens is 1. The lowest BCUT2D eigenvalue weighted by Crippen LogP contribution is -2.39. The Bertz CT molecular complexity index is 700. The summed E-state index contributed by atoms with van der Waals surface area (Å²) in [6.45, 7) is 4.58. The molecule has 1 heterocycles. The van der Waals surface area contributed by atoms with Crippen LogP contribution in [0.5, 0.6) is 0 Å². The highest BCUT2D eigenvalue weighted by molar-refractivity contribution is 14.0. The van der Waals surface area contributed by atoms with Gasteiger partial charge in [0, 0.05) is 24.7 Å². The van der Waals surface area contributed by atoms with Crippen molar-refractivity contribution < 1.29 is 0 Å². The highest BCUT2D eigenvalue weighted by Crippen LogP contribution is 2.48. The average Bonchev–Trinajstić information content (AvgIpc) is 3.43. The van der Waals surface area contributed by atoms with E-state index in [0.717, 1.165) is 37.6 Å². The van der Waals surface area contributed by atoms with Crippen LogP contribution in [0.15, 0.2) is 53.7 Å². The smallest absolute Gasteiger partial charge is 0.191 e. The van der Waals surface area contributed by atoms with E-state index >= 15 is 0 Å². The topological polar surface area (TPSA) is 49.3 Å². The van der Waals surface area contributed by atoms with Crippen LogP contribution in [-0.4, -0.2) is 30.6 Å². The normalized spacial score (nSPS) is 15.1. The number of pyridine rings is 1. The molecule has 0 aliphatic heterocycles. The number of nitrogens with one attached hydrogen (secondary N) is 2. The van der Waals surface area contributed by atoms with Crippen molar-refractivity contribution in [3.8, 4) is 0 Å². The minimum atomic E-state index is 0. The first-order chi connectivity index (χ1) is 12.2. The van der Waals surface area contributed by atoms with Gasteiger partial charge in [0.15, 0.2) is 5.96 Å². The molecule has 1 saturated carbocycles. The summed E-state index contributed by atoms with van der Waals surface area (Å²) in [5.74, 6) is 0.881. The number of rotatable bonds is 7. The molecule has 26 heavy (non-hydrogen) atoms. The van der Waals surface area contributed by atoms with Gasteiger partial charge in [-0.1, -0.05) is 48.0 Å². The number of nitrogens with zero attached hydrogens (tertiary/aromatic N) is 2. The monoisotopic (exact) mass is 484 g/mol. The van der Waals surface area contributed by atoms with E-state index < -0.39 is 0 Å². The van der Waals surface area contributed by atoms with Crippen LogP contribution in [0.3, 0.4) is 0 Å². The Labute approximate surface area is 177 Å². The van der Waals surface area contributed by atoms with Gasteiger partial charge in [-0.2, -0.15) is 0 Å². The third-order valence-corrected chi connectivity index (χ3v) is 4.84. The molecule has 0 saturated heterocycles. The summed E-state index contributed by atoms with van der Waals surface area (Å²) in [5.41, 5.74) is 2.81. The lowest BCUT2D eigenvalue weighted by Gasteiger charge is -2.16. The van der Waals surface area contributed by atoms with Crippen molar-refractivity contribution in [2.45, 2.75) is 31.6 Å². The molecule has 6 heteroatoms. The quantitative estimate of drug-likeness (QED) is 0.268. The number of benzene rings is 1. The summed E-state index contributed by atoms with van der Waals surface area (Å²) >= 11 is 5.82. The summed E-state index contributed by atoms with van der Waals surface area (Å²) in [4.78, 5) is 8.94. The first-order valence-corrected chi connectivity index (χ1v) is 9.28. The molecule has 4 nitrogen and oxygen atoms in total. The zero-order chi connectivity index (χ0) is 17.5. The van der Waals surface area contributed by atoms with E-state index in [9.17, 15) is 0 Å². The molecule has 1 aromatic carbocycles. The number of hydrogen-bond donors (Lipinski definition) is 2. The molecule has 0 spiro atoms. The highest BCUT2D eigenvalue weighted by atomic mass is 127. The van der Waals surface area contributed by atoms with Crippen LogP contribution in [-0.2, 0) is 11.8 Å². The van der Waals surface area contributed by atoms with Gasteiger partial charge < -0.3 is 10.6 Å². The van der Waals surface area contributed by atoms with Crippen LogP contribution in [0.4, 0.5) is 0 Å². The van der Waals surface area contributed by atoms with Crippen LogP contribution in [0, 0.1) is 0 Å². The maximum Gasteiger partial charge on any atom is 0.191 e. The van der Waals surface area contributed by atoms with Crippen LogP contribution in [0.25, 0.3) is 0 Å². The number of halogens is 2. The second kappa shape index (κ2) is 10.1. The first kappa shape index (κ1) is 21.0. The zero-order valence-electron chi connectivity index (χ0n) is 15.0. The van der Waals surface area contributed by atoms with Gasteiger partial charge in [0.2, 0.25) is 0 Å². The minimum absolute atomic E-state index is 0. The first-order valence-electron chi connectivity index (χ1n) is 8.90. The van der Waals surface area contributed by atoms with Crippen molar-refractivity contribution in [1.29, 1.82) is 0 Å². The number of aliphatic imine (C=N–C) groups is 1. The van der Waals surface area contributed by atoms with Crippen molar-refractivity contribution in [3.05, 3.63) is 64.9 Å². The molecule has 0 unspecified atom stereocenters. The van der Waals surface area contributed by atoms with Gasteiger partial charge in [-0.3, -0.25) is 4.99 Å². The fourth-order valence-electron chi connectivity index (χ4n) is 2.93. The predicted molar refractivity (Wildman–Crippen MR) is 120 cm³/mol. The van der Waals surface area contributed by atoms with Crippen molar-refractivity contribution in [2.75, 3.05) is 19.6 Å². The van der Waals surface area contributed by atoms with Crippen LogP contribution in [0.1, 0.15) is 30.9 Å². The Morgan fingerprint density at radius 2 is 1.92 bits per heavy atom. The Morgan fingerprint density at radius 3 is 2.54 bits per heavy atom. The van der Waals surface area contributed by atoms with Crippen molar-refractivity contribution >= 4 is 41.5 Å². The van der Waals surface area contributed by atoms with Crippen molar-refractivity contribution in [3.63, 3.8) is 0 Å². The van der Waals surface area contributed by atoms with Crippen LogP contribution >= 0.6 is 35.6 Å². The minimum Gasteiger partial charge on any atom is -0.357 e. The molecule has 0 atom stereocenters. The molecule has 0 bridgehead atoms. The molecule has 1 aliphatic carbocycles. The molecule has 3 rings (SSSR count). The van der Waals surface area contributed by atoms with Crippen LogP contribution in [0.2, 0.25) is 5.15 Å². The molecule has 0 amide bonds. The van der Waals surface area contributed by atoms with E-state index in [1.807, 2.05) is 18.3 Å². The fourth-order valence-corrected chi connectivity index (χ4v) is 3.04. The van der Waals surface area contributed by atoms with Gasteiger partial charge in [0.1, 0.15) is 5.15 Å². The second-order valence-electron chi connectivity index (χ2n) is 6.51. The van der Waals surface area contributed by atoms with E-state index in [1.165, 1.54) is 18.4 Å². The van der Waals surface area contributed by atoms with E-state index in [0.29, 0.717) is 5.15 Å². The van der Waals surface area contributed by atoms with Crippen molar-refractivity contribution in [2.24, 2.45) is 4.99 Å². The van der Waals surface area contributed by atoms with Crippen molar-refractivity contribution in [1.82, 2.24) is 15.6 Å². The molecule has 0 radical (unpaired) electrons. The lowest BCUT2D eigenvalue weighted by molar-refractivity contribution is 0.692. The van der Waals surface area contributed by atoms with Gasteiger partial charge in [0.25, 0.3) is 0 Å². The summed E-state index contributed by atoms with van der Waals surface area (Å²) in [7, 11) is 0. The maximum absolute atomic E-state index is 5.82. The Kier molecular flexibility index (Phi) is 8.15. The second-order valence-corrected chi connectivity index (χ2v) is 6.89. The zero-order valence-corrected chi connectivity index (χ0v) is 18.1. The molecule has 1 aliphatic rings. The summed E-state index contributed by atoms with van der Waals surface area (Å²) in [5, 5.41) is 7.28. The van der Waals surface area contributed by atoms with Gasteiger partial charge in [-0.25, -0.2) is 4.98 Å². The highest BCUT2D eigenvalue weighted by Gasteiger charge is 2.43. The predicted octanol–water partition coefficient (Wildman–Crippen LogP) is 4.18. The Balaban J connectivity index is 0.00000243. The molecule has 140 valence electrons. The maximum atomic E-state index is 5.82. The molecular weight excluding hydrogens is 459 g/mol. The molecular formula is C20H26ClIN4. The molecule has 2 N–H and O–H groups in total. The van der Waals surface area contributed by atoms with E-state index in [-0.39, 0.29) is 29.4 Å². The van der Waals surface area contributed by atoms with Gasteiger partial charge in [-0.05, 0) is 43.4 Å². The molecule has 2 aromatic rings. The Morgan fingerprint density at radius 1 is 1.15 bits per heavy atom. The third-order valence-electron chi connectivity index (χ3n) is 4.62. The Hall–Kier alpha value is -1.34. The largest absolute Gasteiger partial charge is 0.357 e. The number of hydrogen-bond acceptors (Lipinski definition) is 2. The lowest BCUT2D eigenvalue weighted by atomic mass is 9.96. The average molecular weight is 485 g/mol. The standard InChI is InChI=1S/C20H25ClN4.HI/c1-2-22-19(23-13-10-16-8-9-18(21)24-14-16)25-15-20(11-12-20)17-6-4-3-5-7-17;/h3-9,14H,2,10-13,15H2,1H3,(H2,22,23,25);1H.